The summed E-state index contributed by atoms with van der Waals surface area (Å²) in [6, 6.07) is 3.37. The second-order valence-electron chi connectivity index (χ2n) is 4.37. The van der Waals surface area contributed by atoms with Crippen molar-refractivity contribution in [1.82, 2.24) is 9.97 Å². The molecule has 100 valence electrons. The Morgan fingerprint density at radius 2 is 2.21 bits per heavy atom. The van der Waals surface area contributed by atoms with E-state index >= 15 is 0 Å². The molecule has 6 heteroatoms. The number of hydrogen-bond acceptors (Lipinski definition) is 5. The number of carbonyl (C=O) groups excluding carboxylic acids is 1. The number of amides is 1. The summed E-state index contributed by atoms with van der Waals surface area (Å²) in [7, 11) is 1.76. The number of nitrogens with one attached hydrogen (secondary N) is 2. The van der Waals surface area contributed by atoms with E-state index in [0.717, 1.165) is 5.69 Å². The van der Waals surface area contributed by atoms with E-state index in [1.807, 2.05) is 5.38 Å². The molecular weight excluding hydrogens is 260 g/mol. The van der Waals surface area contributed by atoms with Crippen molar-refractivity contribution in [3.8, 4) is 0 Å². The summed E-state index contributed by atoms with van der Waals surface area (Å²) in [6.07, 6.45) is 1.60. The molecule has 2 rings (SSSR count). The highest BCUT2D eigenvalue weighted by atomic mass is 32.1. The Balaban J connectivity index is 2.11. The first-order valence-electron chi connectivity index (χ1n) is 6.00. The first-order valence-corrected chi connectivity index (χ1v) is 6.88. The van der Waals surface area contributed by atoms with Crippen LogP contribution in [0, 0.1) is 0 Å². The monoisotopic (exact) mass is 276 g/mol. The van der Waals surface area contributed by atoms with Crippen molar-refractivity contribution in [3.63, 3.8) is 0 Å². The molecule has 0 saturated carbocycles. The van der Waals surface area contributed by atoms with E-state index in [1.165, 1.54) is 11.3 Å². The van der Waals surface area contributed by atoms with Crippen molar-refractivity contribution in [2.75, 3.05) is 17.7 Å². The third-order valence-corrected chi connectivity index (χ3v) is 3.39. The highest BCUT2D eigenvalue weighted by Crippen LogP contribution is 2.22. The zero-order chi connectivity index (χ0) is 13.8. The number of pyridine rings is 1. The Morgan fingerprint density at radius 1 is 1.42 bits per heavy atom. The van der Waals surface area contributed by atoms with E-state index in [2.05, 4.69) is 34.4 Å². The molecule has 2 heterocycles. The summed E-state index contributed by atoms with van der Waals surface area (Å²) in [5.74, 6) is 0.844. The van der Waals surface area contributed by atoms with Gasteiger partial charge in [-0.25, -0.2) is 9.97 Å². The molecule has 0 aliphatic heterocycles. The van der Waals surface area contributed by atoms with Crippen molar-refractivity contribution in [1.29, 1.82) is 0 Å². The number of anilines is 2. The summed E-state index contributed by atoms with van der Waals surface area (Å²) in [5.41, 5.74) is 1.55. The van der Waals surface area contributed by atoms with Crippen LogP contribution in [-0.4, -0.2) is 22.9 Å². The third kappa shape index (κ3) is 3.29. The predicted molar refractivity (Wildman–Crippen MR) is 77.9 cm³/mol. The number of aromatic nitrogens is 2. The van der Waals surface area contributed by atoms with Gasteiger partial charge in [0.1, 0.15) is 5.82 Å². The first-order chi connectivity index (χ1) is 9.10. The molecule has 0 atom stereocenters. The van der Waals surface area contributed by atoms with Crippen LogP contribution in [0.25, 0.3) is 0 Å². The maximum atomic E-state index is 12.1. The molecule has 1 amide bonds. The minimum Gasteiger partial charge on any atom is -0.373 e. The van der Waals surface area contributed by atoms with Crippen molar-refractivity contribution in [3.05, 3.63) is 35.0 Å². The lowest BCUT2D eigenvalue weighted by atomic mass is 10.2. The molecule has 19 heavy (non-hydrogen) atoms. The van der Waals surface area contributed by atoms with Gasteiger partial charge in [0, 0.05) is 24.2 Å². The van der Waals surface area contributed by atoms with Crippen LogP contribution in [0.2, 0.25) is 0 Å². The van der Waals surface area contributed by atoms with Gasteiger partial charge in [-0.3, -0.25) is 10.1 Å². The molecule has 0 unspecified atom stereocenters. The largest absolute Gasteiger partial charge is 0.373 e. The van der Waals surface area contributed by atoms with Gasteiger partial charge in [-0.2, -0.15) is 0 Å². The van der Waals surface area contributed by atoms with Crippen LogP contribution in [0.1, 0.15) is 35.8 Å². The molecule has 0 radical (unpaired) electrons. The van der Waals surface area contributed by atoms with E-state index < -0.39 is 0 Å². The maximum absolute atomic E-state index is 12.1. The van der Waals surface area contributed by atoms with Gasteiger partial charge in [0.2, 0.25) is 0 Å². The lowest BCUT2D eigenvalue weighted by molar-refractivity contribution is 0.102. The van der Waals surface area contributed by atoms with Crippen LogP contribution < -0.4 is 10.6 Å². The Labute approximate surface area is 116 Å². The molecule has 0 aliphatic carbocycles. The fraction of sp³-hybridized carbons (Fsp3) is 0.308. The quantitative estimate of drug-likeness (QED) is 0.901. The second-order valence-corrected chi connectivity index (χ2v) is 5.22. The molecule has 0 aliphatic rings. The molecule has 2 N–H and O–H groups in total. The van der Waals surface area contributed by atoms with Crippen LogP contribution in [0.15, 0.2) is 23.7 Å². The van der Waals surface area contributed by atoms with Gasteiger partial charge in [-0.05, 0) is 18.1 Å². The average Bonchev–Trinajstić information content (AvgIpc) is 2.87. The SMILES string of the molecule is CNc1cc(C(=O)Nc2nc(C(C)C)cs2)ccn1. The fourth-order valence-electron chi connectivity index (χ4n) is 1.49. The van der Waals surface area contributed by atoms with Crippen LogP contribution in [-0.2, 0) is 0 Å². The zero-order valence-corrected chi connectivity index (χ0v) is 11.9. The van der Waals surface area contributed by atoms with Gasteiger partial charge in [0.05, 0.1) is 5.69 Å². The lowest BCUT2D eigenvalue weighted by Gasteiger charge is -2.04. The molecule has 0 spiro atoms. The third-order valence-electron chi connectivity index (χ3n) is 2.61. The van der Waals surface area contributed by atoms with Crippen LogP contribution in [0.5, 0.6) is 0 Å². The summed E-state index contributed by atoms with van der Waals surface area (Å²) >= 11 is 1.44. The molecule has 2 aromatic rings. The van der Waals surface area contributed by atoms with Crippen LogP contribution in [0.4, 0.5) is 10.9 Å². The summed E-state index contributed by atoms with van der Waals surface area (Å²) in [5, 5.41) is 8.28. The van der Waals surface area contributed by atoms with Crippen molar-refractivity contribution >= 4 is 28.2 Å². The summed E-state index contributed by atoms with van der Waals surface area (Å²) in [4.78, 5) is 20.5. The highest BCUT2D eigenvalue weighted by Gasteiger charge is 2.11. The van der Waals surface area contributed by atoms with Gasteiger partial charge in [0.15, 0.2) is 5.13 Å². The Kier molecular flexibility index (Phi) is 4.11. The number of thiazole rings is 1. The molecule has 0 fully saturated rings. The molecule has 0 aromatic carbocycles. The number of nitrogens with zero attached hydrogens (tertiary/aromatic N) is 2. The number of rotatable bonds is 4. The van der Waals surface area contributed by atoms with Crippen molar-refractivity contribution < 1.29 is 4.79 Å². The molecule has 5 nitrogen and oxygen atoms in total. The molecule has 2 aromatic heterocycles. The van der Waals surface area contributed by atoms with Crippen molar-refractivity contribution in [2.24, 2.45) is 0 Å². The van der Waals surface area contributed by atoms with Gasteiger partial charge >= 0.3 is 0 Å². The van der Waals surface area contributed by atoms with Gasteiger partial charge in [0.25, 0.3) is 5.91 Å². The average molecular weight is 276 g/mol. The molecule has 0 bridgehead atoms. The minimum atomic E-state index is -0.177. The fourth-order valence-corrected chi connectivity index (χ4v) is 2.35. The summed E-state index contributed by atoms with van der Waals surface area (Å²) < 4.78 is 0. The number of carbonyl (C=O) groups is 1. The molecular formula is C13H16N4OS. The standard InChI is InChI=1S/C13H16N4OS/c1-8(2)10-7-19-13(16-10)17-12(18)9-4-5-15-11(6-9)14-3/h4-8H,1-3H3,(H,14,15)(H,16,17,18). The highest BCUT2D eigenvalue weighted by molar-refractivity contribution is 7.14. The smallest absolute Gasteiger partial charge is 0.257 e. The minimum absolute atomic E-state index is 0.177. The Bertz CT molecular complexity index is 580. The van der Waals surface area contributed by atoms with Gasteiger partial charge in [-0.1, -0.05) is 13.8 Å². The number of hydrogen-bond donors (Lipinski definition) is 2. The van der Waals surface area contributed by atoms with E-state index in [-0.39, 0.29) is 5.91 Å². The van der Waals surface area contributed by atoms with E-state index in [0.29, 0.717) is 22.4 Å². The lowest BCUT2D eigenvalue weighted by Crippen LogP contribution is -2.12. The molecule has 0 saturated heterocycles. The van der Waals surface area contributed by atoms with Gasteiger partial charge in [-0.15, -0.1) is 11.3 Å². The van der Waals surface area contributed by atoms with E-state index in [1.54, 1.807) is 25.4 Å². The van der Waals surface area contributed by atoms with Crippen LogP contribution in [0.3, 0.4) is 0 Å². The van der Waals surface area contributed by atoms with Gasteiger partial charge < -0.3 is 5.32 Å². The van der Waals surface area contributed by atoms with E-state index in [9.17, 15) is 4.79 Å². The first kappa shape index (κ1) is 13.5. The topological polar surface area (TPSA) is 66.9 Å². The van der Waals surface area contributed by atoms with Crippen LogP contribution >= 0.6 is 11.3 Å². The summed E-state index contributed by atoms with van der Waals surface area (Å²) in [6.45, 7) is 4.14. The zero-order valence-electron chi connectivity index (χ0n) is 11.1. The van der Waals surface area contributed by atoms with Crippen molar-refractivity contribution in [2.45, 2.75) is 19.8 Å². The maximum Gasteiger partial charge on any atom is 0.257 e. The second kappa shape index (κ2) is 5.79. The Hall–Kier alpha value is -1.95. The normalized spacial score (nSPS) is 10.5. The van der Waals surface area contributed by atoms with E-state index in [4.69, 9.17) is 0 Å². The Morgan fingerprint density at radius 3 is 2.84 bits per heavy atom. The predicted octanol–water partition coefficient (Wildman–Crippen LogP) is 2.96.